The molecule has 0 spiro atoms. The predicted octanol–water partition coefficient (Wildman–Crippen LogP) is 3.30. The van der Waals surface area contributed by atoms with Gasteiger partial charge in [-0.2, -0.15) is 0 Å². The van der Waals surface area contributed by atoms with Crippen molar-refractivity contribution < 1.29 is 18.7 Å². The molecule has 1 aromatic carbocycles. The molecule has 0 aliphatic heterocycles. The van der Waals surface area contributed by atoms with Gasteiger partial charge in [0.25, 0.3) is 0 Å². The smallest absolute Gasteiger partial charge is 0.341 e. The summed E-state index contributed by atoms with van der Waals surface area (Å²) in [5, 5.41) is 4.62. The van der Waals surface area contributed by atoms with E-state index in [0.29, 0.717) is 22.5 Å². The molecule has 0 radical (unpaired) electrons. The highest BCUT2D eigenvalue weighted by Gasteiger charge is 2.21. The van der Waals surface area contributed by atoms with Crippen molar-refractivity contribution in [3.8, 4) is 11.1 Å². The fourth-order valence-corrected chi connectivity index (χ4v) is 2.68. The Morgan fingerprint density at radius 1 is 1.40 bits per heavy atom. The lowest BCUT2D eigenvalue weighted by atomic mass is 10.0. The summed E-state index contributed by atoms with van der Waals surface area (Å²) in [6.45, 7) is 1.94. The summed E-state index contributed by atoms with van der Waals surface area (Å²) in [5.74, 6) is -0.870. The van der Waals surface area contributed by atoms with Crippen molar-refractivity contribution in [1.82, 2.24) is 0 Å². The van der Waals surface area contributed by atoms with Crippen molar-refractivity contribution in [1.29, 1.82) is 0 Å². The van der Waals surface area contributed by atoms with E-state index in [1.807, 2.05) is 0 Å². The quantitative estimate of drug-likeness (QED) is 0.679. The maximum absolute atomic E-state index is 13.0. The van der Waals surface area contributed by atoms with Gasteiger partial charge in [0.2, 0.25) is 6.41 Å². The second-order valence-corrected chi connectivity index (χ2v) is 4.72. The number of benzene rings is 1. The van der Waals surface area contributed by atoms with E-state index in [1.165, 1.54) is 23.5 Å². The molecule has 0 fully saturated rings. The van der Waals surface area contributed by atoms with Gasteiger partial charge in [-0.25, -0.2) is 9.18 Å². The number of thiophene rings is 1. The summed E-state index contributed by atoms with van der Waals surface area (Å²) in [6, 6.07) is 5.78. The third kappa shape index (κ3) is 2.85. The van der Waals surface area contributed by atoms with Crippen molar-refractivity contribution in [3.63, 3.8) is 0 Å². The summed E-state index contributed by atoms with van der Waals surface area (Å²) < 4.78 is 18.0. The van der Waals surface area contributed by atoms with Crippen LogP contribution in [-0.2, 0) is 9.53 Å². The van der Waals surface area contributed by atoms with Crippen LogP contribution in [0, 0.1) is 5.82 Å². The Morgan fingerprint density at radius 3 is 2.70 bits per heavy atom. The van der Waals surface area contributed by atoms with E-state index in [-0.39, 0.29) is 18.0 Å². The van der Waals surface area contributed by atoms with Crippen molar-refractivity contribution in [2.75, 3.05) is 11.9 Å². The predicted molar refractivity (Wildman–Crippen MR) is 75.4 cm³/mol. The van der Waals surface area contributed by atoms with E-state index >= 15 is 0 Å². The molecule has 0 atom stereocenters. The Labute approximate surface area is 119 Å². The van der Waals surface area contributed by atoms with Crippen LogP contribution in [0.5, 0.6) is 0 Å². The standard InChI is InChI=1S/C14H12FNO3S/c1-2-19-14(18)12-11(7-20-13(12)16-8-17)9-3-5-10(15)6-4-9/h3-8H,2H2,1H3,(H,16,17). The molecule has 0 saturated carbocycles. The van der Waals surface area contributed by atoms with E-state index in [2.05, 4.69) is 5.32 Å². The molecule has 2 aromatic rings. The summed E-state index contributed by atoms with van der Waals surface area (Å²) in [6.07, 6.45) is 0.503. The summed E-state index contributed by atoms with van der Waals surface area (Å²) in [4.78, 5) is 22.6. The fraction of sp³-hybridized carbons (Fsp3) is 0.143. The van der Waals surface area contributed by atoms with Crippen molar-refractivity contribution in [2.45, 2.75) is 6.92 Å². The van der Waals surface area contributed by atoms with Crippen LogP contribution in [0.4, 0.5) is 9.39 Å². The number of esters is 1. The third-order valence-electron chi connectivity index (χ3n) is 2.62. The zero-order valence-electron chi connectivity index (χ0n) is 10.7. The average Bonchev–Trinajstić information content (AvgIpc) is 2.84. The summed E-state index contributed by atoms with van der Waals surface area (Å²) in [5.41, 5.74) is 1.58. The minimum atomic E-state index is -0.516. The lowest BCUT2D eigenvalue weighted by Crippen LogP contribution is -2.08. The molecular weight excluding hydrogens is 281 g/mol. The topological polar surface area (TPSA) is 55.4 Å². The number of nitrogens with one attached hydrogen (secondary N) is 1. The summed E-state index contributed by atoms with van der Waals surface area (Å²) in [7, 11) is 0. The van der Waals surface area contributed by atoms with Crippen LogP contribution in [0.3, 0.4) is 0 Å². The number of anilines is 1. The van der Waals surface area contributed by atoms with Crippen molar-refractivity contribution >= 4 is 28.7 Å². The largest absolute Gasteiger partial charge is 0.462 e. The highest BCUT2D eigenvalue weighted by atomic mass is 32.1. The molecule has 0 aliphatic carbocycles. The minimum Gasteiger partial charge on any atom is -0.462 e. The number of hydrogen-bond acceptors (Lipinski definition) is 4. The maximum atomic E-state index is 13.0. The lowest BCUT2D eigenvalue weighted by molar-refractivity contribution is -0.105. The van der Waals surface area contributed by atoms with Gasteiger partial charge < -0.3 is 10.1 Å². The van der Waals surface area contributed by atoms with Crippen LogP contribution >= 0.6 is 11.3 Å². The Hall–Kier alpha value is -2.21. The molecule has 0 aliphatic rings. The molecule has 4 nitrogen and oxygen atoms in total. The molecule has 1 aromatic heterocycles. The first-order chi connectivity index (χ1) is 9.67. The fourth-order valence-electron chi connectivity index (χ4n) is 1.77. The van der Waals surface area contributed by atoms with Gasteiger partial charge >= 0.3 is 5.97 Å². The van der Waals surface area contributed by atoms with Gasteiger partial charge in [0, 0.05) is 10.9 Å². The average molecular weight is 293 g/mol. The second kappa shape index (κ2) is 6.29. The number of hydrogen-bond donors (Lipinski definition) is 1. The number of rotatable bonds is 5. The molecule has 2 rings (SSSR count). The highest BCUT2D eigenvalue weighted by molar-refractivity contribution is 7.15. The number of ether oxygens (including phenoxy) is 1. The van der Waals surface area contributed by atoms with Crippen LogP contribution < -0.4 is 5.32 Å². The Bertz CT molecular complexity index is 622. The molecular formula is C14H12FNO3S. The summed E-state index contributed by atoms with van der Waals surface area (Å²) >= 11 is 1.22. The molecule has 1 amide bonds. The van der Waals surface area contributed by atoms with E-state index in [4.69, 9.17) is 4.74 Å². The molecule has 0 saturated heterocycles. The first kappa shape index (κ1) is 14.2. The Morgan fingerprint density at radius 2 is 2.10 bits per heavy atom. The van der Waals surface area contributed by atoms with E-state index in [1.54, 1.807) is 24.4 Å². The first-order valence-electron chi connectivity index (χ1n) is 5.92. The molecule has 20 heavy (non-hydrogen) atoms. The highest BCUT2D eigenvalue weighted by Crippen LogP contribution is 2.35. The first-order valence-corrected chi connectivity index (χ1v) is 6.80. The molecule has 104 valence electrons. The van der Waals surface area contributed by atoms with Crippen LogP contribution in [0.15, 0.2) is 29.6 Å². The number of carbonyl (C=O) groups excluding carboxylic acids is 2. The molecule has 0 unspecified atom stereocenters. The monoisotopic (exact) mass is 293 g/mol. The van der Waals surface area contributed by atoms with Gasteiger partial charge in [-0.15, -0.1) is 11.3 Å². The van der Waals surface area contributed by atoms with E-state index in [0.717, 1.165) is 0 Å². The number of halogens is 1. The Kier molecular flexibility index (Phi) is 4.47. The van der Waals surface area contributed by atoms with E-state index < -0.39 is 5.97 Å². The number of carbonyl (C=O) groups is 2. The normalized spacial score (nSPS) is 10.1. The van der Waals surface area contributed by atoms with Crippen LogP contribution in [0.25, 0.3) is 11.1 Å². The second-order valence-electron chi connectivity index (χ2n) is 3.84. The van der Waals surface area contributed by atoms with Gasteiger partial charge in [0.05, 0.1) is 6.61 Å². The maximum Gasteiger partial charge on any atom is 0.341 e. The SMILES string of the molecule is CCOC(=O)c1c(-c2ccc(F)cc2)csc1NC=O. The van der Waals surface area contributed by atoms with Crippen molar-refractivity contribution in [2.24, 2.45) is 0 Å². The Balaban J connectivity index is 2.49. The molecule has 6 heteroatoms. The van der Waals surface area contributed by atoms with Crippen LogP contribution in [-0.4, -0.2) is 19.0 Å². The molecule has 1 heterocycles. The van der Waals surface area contributed by atoms with Crippen LogP contribution in [0.2, 0.25) is 0 Å². The van der Waals surface area contributed by atoms with E-state index in [9.17, 15) is 14.0 Å². The van der Waals surface area contributed by atoms with Gasteiger partial charge in [-0.3, -0.25) is 4.79 Å². The van der Waals surface area contributed by atoms with Crippen molar-refractivity contribution in [3.05, 3.63) is 41.0 Å². The molecule has 0 bridgehead atoms. The minimum absolute atomic E-state index is 0.234. The third-order valence-corrected chi connectivity index (χ3v) is 3.53. The van der Waals surface area contributed by atoms with Gasteiger partial charge in [-0.1, -0.05) is 12.1 Å². The zero-order valence-corrected chi connectivity index (χ0v) is 11.5. The van der Waals surface area contributed by atoms with Crippen LogP contribution in [0.1, 0.15) is 17.3 Å². The van der Waals surface area contributed by atoms with Gasteiger partial charge in [-0.05, 0) is 24.6 Å². The van der Waals surface area contributed by atoms with Gasteiger partial charge in [0.15, 0.2) is 0 Å². The zero-order chi connectivity index (χ0) is 14.5. The number of amides is 1. The van der Waals surface area contributed by atoms with Gasteiger partial charge in [0.1, 0.15) is 16.4 Å². The lowest BCUT2D eigenvalue weighted by Gasteiger charge is -2.06. The molecule has 1 N–H and O–H groups in total.